The van der Waals surface area contributed by atoms with Crippen molar-refractivity contribution in [1.82, 2.24) is 4.90 Å². The summed E-state index contributed by atoms with van der Waals surface area (Å²) >= 11 is 0. The van der Waals surface area contributed by atoms with Crippen LogP contribution in [-0.2, 0) is 17.8 Å². The van der Waals surface area contributed by atoms with Crippen LogP contribution in [0.4, 0.5) is 0 Å². The Morgan fingerprint density at radius 1 is 0.913 bits per heavy atom. The lowest BCUT2D eigenvalue weighted by atomic mass is 10.1. The number of nitrogens with two attached hydrogens (primary N) is 1. The summed E-state index contributed by atoms with van der Waals surface area (Å²) in [5.74, 6) is 0.196. The highest BCUT2D eigenvalue weighted by molar-refractivity contribution is 5.85. The largest absolute Gasteiger partial charge is 0.338 e. The molecule has 0 aliphatic carbocycles. The van der Waals surface area contributed by atoms with Gasteiger partial charge in [-0.1, -0.05) is 60.7 Å². The second-order valence-corrected chi connectivity index (χ2v) is 5.43. The molecule has 23 heavy (non-hydrogen) atoms. The minimum absolute atomic E-state index is 0. The SMILES string of the molecule is Cl.NCCCN(Cc1ccccc1)C(=O)CCc1ccccc1. The monoisotopic (exact) mass is 332 g/mol. The fourth-order valence-corrected chi connectivity index (χ4v) is 2.43. The Kier molecular flexibility index (Phi) is 9.03. The molecule has 0 unspecified atom stereocenters. The summed E-state index contributed by atoms with van der Waals surface area (Å²) in [5, 5.41) is 0. The molecule has 0 saturated carbocycles. The van der Waals surface area contributed by atoms with Crippen molar-refractivity contribution in [3.63, 3.8) is 0 Å². The first-order chi connectivity index (χ1) is 10.8. The molecule has 0 aliphatic rings. The molecule has 0 fully saturated rings. The van der Waals surface area contributed by atoms with Crippen molar-refractivity contribution in [3.8, 4) is 0 Å². The molecule has 0 saturated heterocycles. The molecule has 124 valence electrons. The molecule has 0 atom stereocenters. The fraction of sp³-hybridized carbons (Fsp3) is 0.316. The van der Waals surface area contributed by atoms with Crippen molar-refractivity contribution in [2.75, 3.05) is 13.1 Å². The average Bonchev–Trinajstić information content (AvgIpc) is 2.58. The van der Waals surface area contributed by atoms with Gasteiger partial charge in [0.1, 0.15) is 0 Å². The first kappa shape index (κ1) is 19.2. The van der Waals surface area contributed by atoms with Gasteiger partial charge in [0.2, 0.25) is 5.91 Å². The van der Waals surface area contributed by atoms with Gasteiger partial charge in [0.25, 0.3) is 0 Å². The Bertz CT molecular complexity index is 560. The van der Waals surface area contributed by atoms with E-state index < -0.39 is 0 Å². The zero-order valence-corrected chi connectivity index (χ0v) is 14.2. The first-order valence-electron chi connectivity index (χ1n) is 7.85. The molecule has 0 bridgehead atoms. The number of hydrogen-bond donors (Lipinski definition) is 1. The van der Waals surface area contributed by atoms with E-state index in [0.717, 1.165) is 24.9 Å². The molecule has 0 spiro atoms. The summed E-state index contributed by atoms with van der Waals surface area (Å²) < 4.78 is 0. The number of carbonyl (C=O) groups is 1. The number of halogens is 1. The van der Waals surface area contributed by atoms with Crippen LogP contribution in [0.15, 0.2) is 60.7 Å². The van der Waals surface area contributed by atoms with E-state index in [1.54, 1.807) is 0 Å². The smallest absolute Gasteiger partial charge is 0.223 e. The number of benzene rings is 2. The van der Waals surface area contributed by atoms with E-state index in [2.05, 4.69) is 24.3 Å². The van der Waals surface area contributed by atoms with Gasteiger partial charge < -0.3 is 10.6 Å². The van der Waals surface area contributed by atoms with Gasteiger partial charge >= 0.3 is 0 Å². The summed E-state index contributed by atoms with van der Waals surface area (Å²) in [7, 11) is 0. The fourth-order valence-electron chi connectivity index (χ4n) is 2.43. The standard InChI is InChI=1S/C19H24N2O.ClH/c20-14-7-15-21(16-18-10-5-2-6-11-18)19(22)13-12-17-8-3-1-4-9-17;/h1-6,8-11H,7,12-16,20H2;1H. The van der Waals surface area contributed by atoms with Crippen LogP contribution in [0.2, 0.25) is 0 Å². The second kappa shape index (κ2) is 10.8. The zero-order valence-electron chi connectivity index (χ0n) is 13.4. The molecule has 1 amide bonds. The van der Waals surface area contributed by atoms with Crippen molar-refractivity contribution in [3.05, 3.63) is 71.8 Å². The Balaban J connectivity index is 0.00000264. The lowest BCUT2D eigenvalue weighted by molar-refractivity contribution is -0.131. The quantitative estimate of drug-likeness (QED) is 0.805. The van der Waals surface area contributed by atoms with Gasteiger partial charge in [-0.2, -0.15) is 0 Å². The predicted octanol–water partition coefficient (Wildman–Crippen LogP) is 3.42. The van der Waals surface area contributed by atoms with Crippen LogP contribution in [0.3, 0.4) is 0 Å². The summed E-state index contributed by atoms with van der Waals surface area (Å²) in [4.78, 5) is 14.4. The molecule has 0 aliphatic heterocycles. The summed E-state index contributed by atoms with van der Waals surface area (Å²) in [6.45, 7) is 1.99. The normalized spacial score (nSPS) is 9.96. The van der Waals surface area contributed by atoms with Crippen molar-refractivity contribution in [1.29, 1.82) is 0 Å². The van der Waals surface area contributed by atoms with E-state index in [1.807, 2.05) is 41.3 Å². The molecule has 0 heterocycles. The number of aryl methyl sites for hydroxylation is 1. The van der Waals surface area contributed by atoms with E-state index in [9.17, 15) is 4.79 Å². The van der Waals surface area contributed by atoms with Crippen LogP contribution in [0.25, 0.3) is 0 Å². The average molecular weight is 333 g/mol. The second-order valence-electron chi connectivity index (χ2n) is 5.43. The van der Waals surface area contributed by atoms with Gasteiger partial charge in [-0.3, -0.25) is 4.79 Å². The minimum Gasteiger partial charge on any atom is -0.338 e. The number of hydrogen-bond acceptors (Lipinski definition) is 2. The zero-order chi connectivity index (χ0) is 15.6. The Hall–Kier alpha value is -1.84. The van der Waals surface area contributed by atoms with Gasteiger partial charge in [-0.05, 0) is 30.5 Å². The van der Waals surface area contributed by atoms with E-state index in [4.69, 9.17) is 5.73 Å². The minimum atomic E-state index is 0. The van der Waals surface area contributed by atoms with E-state index in [1.165, 1.54) is 5.56 Å². The summed E-state index contributed by atoms with van der Waals surface area (Å²) in [6, 6.07) is 20.3. The van der Waals surface area contributed by atoms with Crippen LogP contribution < -0.4 is 5.73 Å². The van der Waals surface area contributed by atoms with Crippen LogP contribution in [0, 0.1) is 0 Å². The Labute approximate surface area is 144 Å². The van der Waals surface area contributed by atoms with Gasteiger partial charge in [0.05, 0.1) is 0 Å². The number of nitrogens with zero attached hydrogens (tertiary/aromatic N) is 1. The molecule has 2 aromatic carbocycles. The van der Waals surface area contributed by atoms with Crippen LogP contribution in [-0.4, -0.2) is 23.9 Å². The molecule has 0 aromatic heterocycles. The predicted molar refractivity (Wildman–Crippen MR) is 97.5 cm³/mol. The summed E-state index contributed by atoms with van der Waals surface area (Å²) in [6.07, 6.45) is 2.17. The Morgan fingerprint density at radius 2 is 1.48 bits per heavy atom. The molecule has 3 nitrogen and oxygen atoms in total. The molecule has 2 aromatic rings. The summed E-state index contributed by atoms with van der Waals surface area (Å²) in [5.41, 5.74) is 7.96. The highest BCUT2D eigenvalue weighted by Crippen LogP contribution is 2.09. The third-order valence-electron chi connectivity index (χ3n) is 3.67. The molecular formula is C19H25ClN2O. The third-order valence-corrected chi connectivity index (χ3v) is 3.67. The van der Waals surface area contributed by atoms with Gasteiger partial charge in [0, 0.05) is 19.5 Å². The third kappa shape index (κ3) is 6.85. The lowest BCUT2D eigenvalue weighted by Gasteiger charge is -2.23. The Morgan fingerprint density at radius 3 is 2.04 bits per heavy atom. The maximum Gasteiger partial charge on any atom is 0.223 e. The maximum atomic E-state index is 12.5. The van der Waals surface area contributed by atoms with Crippen molar-refractivity contribution >= 4 is 18.3 Å². The maximum absolute atomic E-state index is 12.5. The van der Waals surface area contributed by atoms with Crippen LogP contribution >= 0.6 is 12.4 Å². The molecule has 4 heteroatoms. The van der Waals surface area contributed by atoms with E-state index in [-0.39, 0.29) is 18.3 Å². The molecule has 2 rings (SSSR count). The highest BCUT2D eigenvalue weighted by Gasteiger charge is 2.13. The van der Waals surface area contributed by atoms with E-state index in [0.29, 0.717) is 19.5 Å². The molecular weight excluding hydrogens is 308 g/mol. The topological polar surface area (TPSA) is 46.3 Å². The lowest BCUT2D eigenvalue weighted by Crippen LogP contribution is -2.32. The molecule has 0 radical (unpaired) electrons. The van der Waals surface area contributed by atoms with Crippen molar-refractivity contribution in [2.45, 2.75) is 25.8 Å². The number of rotatable bonds is 8. The van der Waals surface area contributed by atoms with Gasteiger partial charge in [0.15, 0.2) is 0 Å². The first-order valence-corrected chi connectivity index (χ1v) is 7.85. The van der Waals surface area contributed by atoms with Crippen LogP contribution in [0.5, 0.6) is 0 Å². The van der Waals surface area contributed by atoms with Crippen molar-refractivity contribution < 1.29 is 4.79 Å². The number of amides is 1. The highest BCUT2D eigenvalue weighted by atomic mass is 35.5. The molecule has 2 N–H and O–H groups in total. The van der Waals surface area contributed by atoms with E-state index >= 15 is 0 Å². The number of carbonyl (C=O) groups excluding carboxylic acids is 1. The van der Waals surface area contributed by atoms with Crippen molar-refractivity contribution in [2.24, 2.45) is 5.73 Å². The van der Waals surface area contributed by atoms with Crippen LogP contribution in [0.1, 0.15) is 24.0 Å². The van der Waals surface area contributed by atoms with Gasteiger partial charge in [-0.15, -0.1) is 12.4 Å². The van der Waals surface area contributed by atoms with Gasteiger partial charge in [-0.25, -0.2) is 0 Å².